The van der Waals surface area contributed by atoms with Crippen molar-refractivity contribution in [2.75, 3.05) is 7.11 Å². The normalized spacial score (nSPS) is 14.1. The molecule has 0 radical (unpaired) electrons. The maximum absolute atomic E-state index is 13.3. The predicted molar refractivity (Wildman–Crippen MR) is 103 cm³/mol. The molecule has 0 N–H and O–H groups in total. The fourth-order valence-corrected chi connectivity index (χ4v) is 4.79. The van der Waals surface area contributed by atoms with Crippen LogP contribution in [0.25, 0.3) is 0 Å². The monoisotopic (exact) mass is 406 g/mol. The van der Waals surface area contributed by atoms with Gasteiger partial charge in [-0.15, -0.1) is 0 Å². The molecule has 0 aliphatic carbocycles. The van der Waals surface area contributed by atoms with Gasteiger partial charge < -0.3 is 9.16 Å². The molecule has 0 spiro atoms. The Bertz CT molecular complexity index is 722. The highest BCUT2D eigenvalue weighted by Crippen LogP contribution is 2.37. The van der Waals surface area contributed by atoms with Gasteiger partial charge in [0.1, 0.15) is 11.4 Å². The van der Waals surface area contributed by atoms with E-state index in [0.717, 1.165) is 15.8 Å². The molecule has 0 saturated carbocycles. The van der Waals surface area contributed by atoms with E-state index in [1.165, 1.54) is 0 Å². The predicted octanol–water partition coefficient (Wildman–Crippen LogP) is 5.41. The second kappa shape index (κ2) is 7.21. The van der Waals surface area contributed by atoms with E-state index in [1.54, 1.807) is 31.4 Å². The van der Waals surface area contributed by atoms with Crippen LogP contribution in [0.15, 0.2) is 53.0 Å². The lowest BCUT2D eigenvalue weighted by atomic mass is 9.88. The molecule has 0 aromatic heterocycles. The maximum Gasteiger partial charge on any atom is 0.197 e. The number of rotatable bonds is 6. The van der Waals surface area contributed by atoms with Crippen molar-refractivity contribution < 1.29 is 14.0 Å². The summed E-state index contributed by atoms with van der Waals surface area (Å²) in [5.41, 5.74) is 0.402. The van der Waals surface area contributed by atoms with Gasteiger partial charge in [-0.3, -0.25) is 4.79 Å². The van der Waals surface area contributed by atoms with E-state index in [2.05, 4.69) is 35.6 Å². The molecule has 0 fully saturated rings. The van der Waals surface area contributed by atoms with Gasteiger partial charge in [-0.05, 0) is 56.9 Å². The first-order valence-electron chi connectivity index (χ1n) is 7.81. The third-order valence-electron chi connectivity index (χ3n) is 3.68. The van der Waals surface area contributed by atoms with E-state index in [1.807, 2.05) is 31.2 Å². The average Bonchev–Trinajstić information content (AvgIpc) is 2.53. The Morgan fingerprint density at radius 3 is 2.12 bits per heavy atom. The molecular formula is C19H23BrO3Si. The third-order valence-corrected chi connectivity index (χ3v) is 5.40. The first-order valence-corrected chi connectivity index (χ1v) is 12.0. The summed E-state index contributed by atoms with van der Waals surface area (Å²) in [4.78, 5) is 13.3. The number of carbonyl (C=O) groups is 1. The number of hydrogen-bond donors (Lipinski definition) is 0. The standard InChI is InChI=1S/C19H23BrO3Si/c1-19(23-24(3,4)5,16-8-6-7-9-17(16)20)18(21)14-10-12-15(22-2)13-11-14/h6-13H,1-5H3. The molecule has 0 saturated heterocycles. The molecule has 0 aliphatic rings. The van der Waals surface area contributed by atoms with Crippen LogP contribution < -0.4 is 4.74 Å². The second-order valence-corrected chi connectivity index (χ2v) is 12.1. The van der Waals surface area contributed by atoms with Crippen LogP contribution in [0.1, 0.15) is 22.8 Å². The molecule has 2 rings (SSSR count). The zero-order chi connectivity index (χ0) is 18.0. The molecule has 1 unspecified atom stereocenters. The number of benzene rings is 2. The molecule has 0 bridgehead atoms. The molecule has 0 amide bonds. The lowest BCUT2D eigenvalue weighted by Crippen LogP contribution is -2.44. The maximum atomic E-state index is 13.3. The summed E-state index contributed by atoms with van der Waals surface area (Å²) in [6.45, 7) is 8.12. The smallest absolute Gasteiger partial charge is 0.197 e. The number of carbonyl (C=O) groups excluding carboxylic acids is 1. The van der Waals surface area contributed by atoms with Crippen LogP contribution in [0.5, 0.6) is 5.75 Å². The first-order chi connectivity index (χ1) is 11.2. The summed E-state index contributed by atoms with van der Waals surface area (Å²) in [6.07, 6.45) is 0. The van der Waals surface area contributed by atoms with Crippen molar-refractivity contribution in [1.82, 2.24) is 0 Å². The molecule has 2 aromatic rings. The van der Waals surface area contributed by atoms with Gasteiger partial charge in [-0.1, -0.05) is 34.1 Å². The highest BCUT2D eigenvalue weighted by molar-refractivity contribution is 9.10. The van der Waals surface area contributed by atoms with E-state index in [-0.39, 0.29) is 5.78 Å². The molecule has 3 nitrogen and oxygen atoms in total. The van der Waals surface area contributed by atoms with Gasteiger partial charge in [-0.2, -0.15) is 0 Å². The van der Waals surface area contributed by atoms with Crippen molar-refractivity contribution in [3.8, 4) is 5.75 Å². The van der Waals surface area contributed by atoms with Gasteiger partial charge in [0, 0.05) is 15.6 Å². The van der Waals surface area contributed by atoms with Crippen LogP contribution in [-0.4, -0.2) is 21.2 Å². The molecule has 2 aromatic carbocycles. The fraction of sp³-hybridized carbons (Fsp3) is 0.316. The Labute approximate surface area is 153 Å². The van der Waals surface area contributed by atoms with Crippen LogP contribution in [0.3, 0.4) is 0 Å². The van der Waals surface area contributed by atoms with Crippen LogP contribution >= 0.6 is 15.9 Å². The minimum Gasteiger partial charge on any atom is -0.497 e. The van der Waals surface area contributed by atoms with Crippen LogP contribution in [0, 0.1) is 0 Å². The Kier molecular flexibility index (Phi) is 5.68. The molecule has 5 heteroatoms. The molecule has 1 atom stereocenters. The third kappa shape index (κ3) is 4.15. The van der Waals surface area contributed by atoms with Gasteiger partial charge in [0.05, 0.1) is 7.11 Å². The quantitative estimate of drug-likeness (QED) is 0.475. The number of Topliss-reactive ketones (excluding diaryl/α,β-unsaturated/α-hetero) is 1. The van der Waals surface area contributed by atoms with Gasteiger partial charge in [0.15, 0.2) is 14.1 Å². The van der Waals surface area contributed by atoms with Gasteiger partial charge in [0.25, 0.3) is 0 Å². The molecule has 0 aliphatic heterocycles. The average molecular weight is 407 g/mol. The Balaban J connectivity index is 2.53. The summed E-state index contributed by atoms with van der Waals surface area (Å²) in [5, 5.41) is 0. The topological polar surface area (TPSA) is 35.5 Å². The zero-order valence-corrected chi connectivity index (χ0v) is 17.3. The minimum absolute atomic E-state index is 0.0560. The Morgan fingerprint density at radius 2 is 1.62 bits per heavy atom. The van der Waals surface area contributed by atoms with Gasteiger partial charge in [-0.25, -0.2) is 0 Å². The largest absolute Gasteiger partial charge is 0.497 e. The molecule has 0 heterocycles. The van der Waals surface area contributed by atoms with E-state index in [9.17, 15) is 4.79 Å². The van der Waals surface area contributed by atoms with Gasteiger partial charge in [0.2, 0.25) is 0 Å². The number of halogens is 1. The van der Waals surface area contributed by atoms with Crippen molar-refractivity contribution in [2.45, 2.75) is 32.2 Å². The Hall–Kier alpha value is -1.43. The van der Waals surface area contributed by atoms with E-state index < -0.39 is 13.9 Å². The van der Waals surface area contributed by atoms with E-state index in [0.29, 0.717) is 5.56 Å². The lowest BCUT2D eigenvalue weighted by molar-refractivity contribution is 0.0474. The summed E-state index contributed by atoms with van der Waals surface area (Å²) < 4.78 is 12.4. The van der Waals surface area contributed by atoms with Gasteiger partial charge >= 0.3 is 0 Å². The van der Waals surface area contributed by atoms with Crippen molar-refractivity contribution in [1.29, 1.82) is 0 Å². The second-order valence-electron chi connectivity index (χ2n) is 6.79. The van der Waals surface area contributed by atoms with Crippen molar-refractivity contribution in [3.63, 3.8) is 0 Å². The van der Waals surface area contributed by atoms with Crippen LogP contribution in [-0.2, 0) is 10.0 Å². The van der Waals surface area contributed by atoms with Crippen molar-refractivity contribution in [3.05, 3.63) is 64.1 Å². The minimum atomic E-state index is -1.98. The van der Waals surface area contributed by atoms with Crippen LogP contribution in [0.2, 0.25) is 19.6 Å². The SMILES string of the molecule is COc1ccc(C(=O)C(C)(O[Si](C)(C)C)c2ccccc2Br)cc1. The van der Waals surface area contributed by atoms with E-state index >= 15 is 0 Å². The number of methoxy groups -OCH3 is 1. The molecule has 24 heavy (non-hydrogen) atoms. The summed E-state index contributed by atoms with van der Waals surface area (Å²) in [5.74, 6) is 0.666. The number of hydrogen-bond acceptors (Lipinski definition) is 3. The fourth-order valence-electron chi connectivity index (χ4n) is 2.70. The zero-order valence-electron chi connectivity index (χ0n) is 14.7. The Morgan fingerprint density at radius 1 is 1.04 bits per heavy atom. The highest BCUT2D eigenvalue weighted by atomic mass is 79.9. The summed E-state index contributed by atoms with van der Waals surface area (Å²) in [7, 11) is -0.371. The summed E-state index contributed by atoms with van der Waals surface area (Å²) in [6, 6.07) is 14.9. The van der Waals surface area contributed by atoms with E-state index in [4.69, 9.17) is 9.16 Å². The van der Waals surface area contributed by atoms with Crippen LogP contribution in [0.4, 0.5) is 0 Å². The number of ether oxygens (including phenoxy) is 1. The highest BCUT2D eigenvalue weighted by Gasteiger charge is 2.41. The molecule has 128 valence electrons. The van der Waals surface area contributed by atoms with Crippen molar-refractivity contribution in [2.24, 2.45) is 0 Å². The lowest BCUT2D eigenvalue weighted by Gasteiger charge is -2.36. The summed E-state index contributed by atoms with van der Waals surface area (Å²) >= 11 is 3.57. The molecular weight excluding hydrogens is 384 g/mol. The number of ketones is 1. The van der Waals surface area contributed by atoms with Crippen molar-refractivity contribution >= 4 is 30.0 Å². The first kappa shape index (κ1) is 18.9.